The Balaban J connectivity index is 1.70. The maximum atomic E-state index is 11.5. The molecule has 0 radical (unpaired) electrons. The molecular formula is C12H24N2O2S. The standard InChI is InChI=1S/C12H24N2O2S/c1-10-6-12(10)8-13-7-11-4-3-5-14(9-11)17(2,15)16/h10-13H,3-9H2,1-2H3. The Bertz CT molecular complexity index is 356. The van der Waals surface area contributed by atoms with Crippen molar-refractivity contribution in [1.82, 2.24) is 9.62 Å². The van der Waals surface area contributed by atoms with Crippen molar-refractivity contribution < 1.29 is 8.42 Å². The third kappa shape index (κ3) is 3.93. The first-order valence-corrected chi connectivity index (χ1v) is 8.47. The van der Waals surface area contributed by atoms with Gasteiger partial charge in [0.2, 0.25) is 10.0 Å². The van der Waals surface area contributed by atoms with Crippen LogP contribution in [0.15, 0.2) is 0 Å². The van der Waals surface area contributed by atoms with E-state index in [4.69, 9.17) is 0 Å². The van der Waals surface area contributed by atoms with Crippen molar-refractivity contribution in [1.29, 1.82) is 0 Å². The highest BCUT2D eigenvalue weighted by molar-refractivity contribution is 7.88. The summed E-state index contributed by atoms with van der Waals surface area (Å²) in [6.45, 7) is 5.77. The molecule has 0 amide bonds. The van der Waals surface area contributed by atoms with E-state index < -0.39 is 10.0 Å². The molecule has 1 aliphatic carbocycles. The molecule has 3 unspecified atom stereocenters. The van der Waals surface area contributed by atoms with Gasteiger partial charge in [0.05, 0.1) is 6.26 Å². The van der Waals surface area contributed by atoms with Crippen LogP contribution in [0.4, 0.5) is 0 Å². The molecule has 4 nitrogen and oxygen atoms in total. The fourth-order valence-electron chi connectivity index (χ4n) is 2.65. The highest BCUT2D eigenvalue weighted by Crippen LogP contribution is 2.36. The Kier molecular flexibility index (Phi) is 4.10. The SMILES string of the molecule is CC1CC1CNCC1CCCN(S(C)(=O)=O)C1. The van der Waals surface area contributed by atoms with Gasteiger partial charge in [-0.15, -0.1) is 0 Å². The second-order valence-electron chi connectivity index (χ2n) is 5.76. The quantitative estimate of drug-likeness (QED) is 0.799. The average molecular weight is 260 g/mol. The van der Waals surface area contributed by atoms with Crippen LogP contribution in [0.1, 0.15) is 26.2 Å². The van der Waals surface area contributed by atoms with E-state index in [-0.39, 0.29) is 0 Å². The lowest BCUT2D eigenvalue weighted by atomic mass is 10.00. The normalized spacial score (nSPS) is 34.8. The summed E-state index contributed by atoms with van der Waals surface area (Å²) in [6, 6.07) is 0. The largest absolute Gasteiger partial charge is 0.316 e. The van der Waals surface area contributed by atoms with E-state index in [1.807, 2.05) is 0 Å². The summed E-state index contributed by atoms with van der Waals surface area (Å²) in [7, 11) is -2.99. The lowest BCUT2D eigenvalue weighted by molar-refractivity contribution is 0.260. The summed E-state index contributed by atoms with van der Waals surface area (Å²) < 4.78 is 24.6. The Morgan fingerprint density at radius 3 is 2.65 bits per heavy atom. The third-order valence-electron chi connectivity index (χ3n) is 4.07. The zero-order valence-corrected chi connectivity index (χ0v) is 11.7. The number of sulfonamides is 1. The Morgan fingerprint density at radius 2 is 2.06 bits per heavy atom. The Hall–Kier alpha value is -0.130. The van der Waals surface area contributed by atoms with E-state index in [9.17, 15) is 8.42 Å². The van der Waals surface area contributed by atoms with Crippen LogP contribution in [0.25, 0.3) is 0 Å². The van der Waals surface area contributed by atoms with Crippen LogP contribution < -0.4 is 5.32 Å². The van der Waals surface area contributed by atoms with Gasteiger partial charge in [-0.25, -0.2) is 12.7 Å². The van der Waals surface area contributed by atoms with Gasteiger partial charge >= 0.3 is 0 Å². The minimum absolute atomic E-state index is 0.493. The number of nitrogens with zero attached hydrogens (tertiary/aromatic N) is 1. The monoisotopic (exact) mass is 260 g/mol. The lowest BCUT2D eigenvalue weighted by Gasteiger charge is -2.31. The maximum absolute atomic E-state index is 11.5. The van der Waals surface area contributed by atoms with Gasteiger partial charge in [0, 0.05) is 13.1 Å². The van der Waals surface area contributed by atoms with Crippen LogP contribution in [0.5, 0.6) is 0 Å². The van der Waals surface area contributed by atoms with E-state index >= 15 is 0 Å². The summed E-state index contributed by atoms with van der Waals surface area (Å²) >= 11 is 0. The number of hydrogen-bond acceptors (Lipinski definition) is 3. The van der Waals surface area contributed by atoms with E-state index in [1.54, 1.807) is 4.31 Å². The average Bonchev–Trinajstić information content (AvgIpc) is 2.94. The molecule has 3 atom stereocenters. The zero-order chi connectivity index (χ0) is 12.5. The Labute approximate surface area is 105 Å². The van der Waals surface area contributed by atoms with Gasteiger partial charge in [-0.1, -0.05) is 6.92 Å². The number of rotatable bonds is 5. The van der Waals surface area contributed by atoms with Gasteiger partial charge < -0.3 is 5.32 Å². The first kappa shape index (κ1) is 13.3. The van der Waals surface area contributed by atoms with Crippen molar-refractivity contribution in [2.75, 3.05) is 32.4 Å². The summed E-state index contributed by atoms with van der Waals surface area (Å²) in [5.41, 5.74) is 0. The van der Waals surface area contributed by atoms with Crippen molar-refractivity contribution in [3.63, 3.8) is 0 Å². The van der Waals surface area contributed by atoms with E-state index in [1.165, 1.54) is 12.7 Å². The fraction of sp³-hybridized carbons (Fsp3) is 1.00. The van der Waals surface area contributed by atoms with Gasteiger partial charge in [0.1, 0.15) is 0 Å². The number of piperidine rings is 1. The molecule has 2 fully saturated rings. The van der Waals surface area contributed by atoms with Crippen LogP contribution in [0, 0.1) is 17.8 Å². The van der Waals surface area contributed by atoms with Crippen molar-refractivity contribution in [2.24, 2.45) is 17.8 Å². The van der Waals surface area contributed by atoms with Gasteiger partial charge in [0.25, 0.3) is 0 Å². The molecular weight excluding hydrogens is 236 g/mol. The molecule has 1 aliphatic heterocycles. The van der Waals surface area contributed by atoms with Crippen LogP contribution in [0.2, 0.25) is 0 Å². The summed E-state index contributed by atoms with van der Waals surface area (Å²) in [4.78, 5) is 0. The second-order valence-corrected chi connectivity index (χ2v) is 7.74. The van der Waals surface area contributed by atoms with E-state index in [0.29, 0.717) is 19.0 Å². The minimum atomic E-state index is -2.99. The smallest absolute Gasteiger partial charge is 0.211 e. The fourth-order valence-corrected chi connectivity index (χ4v) is 3.59. The predicted molar refractivity (Wildman–Crippen MR) is 69.3 cm³/mol. The van der Waals surface area contributed by atoms with Crippen molar-refractivity contribution in [2.45, 2.75) is 26.2 Å². The number of nitrogens with one attached hydrogen (secondary N) is 1. The van der Waals surface area contributed by atoms with Crippen molar-refractivity contribution >= 4 is 10.0 Å². The van der Waals surface area contributed by atoms with Gasteiger partial charge in [-0.3, -0.25) is 0 Å². The van der Waals surface area contributed by atoms with Crippen LogP contribution in [-0.2, 0) is 10.0 Å². The molecule has 5 heteroatoms. The molecule has 0 aromatic rings. The topological polar surface area (TPSA) is 49.4 Å². The first-order valence-electron chi connectivity index (χ1n) is 6.62. The molecule has 1 saturated carbocycles. The van der Waals surface area contributed by atoms with Crippen LogP contribution in [-0.4, -0.2) is 45.2 Å². The van der Waals surface area contributed by atoms with Gasteiger partial charge in [0.15, 0.2) is 0 Å². The van der Waals surface area contributed by atoms with Crippen molar-refractivity contribution in [3.8, 4) is 0 Å². The van der Waals surface area contributed by atoms with E-state index in [2.05, 4.69) is 12.2 Å². The molecule has 1 heterocycles. The molecule has 0 spiro atoms. The van der Waals surface area contributed by atoms with Gasteiger partial charge in [-0.05, 0) is 50.1 Å². The first-order chi connectivity index (χ1) is 7.97. The molecule has 2 aliphatic rings. The highest BCUT2D eigenvalue weighted by atomic mass is 32.2. The molecule has 2 rings (SSSR count). The predicted octanol–water partition coefficient (Wildman–Crippen LogP) is 0.904. The molecule has 17 heavy (non-hydrogen) atoms. The van der Waals surface area contributed by atoms with Crippen LogP contribution in [0.3, 0.4) is 0 Å². The summed E-state index contributed by atoms with van der Waals surface area (Å²) in [6.07, 6.45) is 4.82. The van der Waals surface area contributed by atoms with E-state index in [0.717, 1.165) is 37.8 Å². The molecule has 100 valence electrons. The molecule has 1 N–H and O–H groups in total. The lowest BCUT2D eigenvalue weighted by Crippen LogP contribution is -2.42. The second kappa shape index (κ2) is 5.24. The molecule has 0 bridgehead atoms. The summed E-state index contributed by atoms with van der Waals surface area (Å²) in [5.74, 6) is 2.25. The summed E-state index contributed by atoms with van der Waals surface area (Å²) in [5, 5.41) is 3.50. The Morgan fingerprint density at radius 1 is 1.35 bits per heavy atom. The minimum Gasteiger partial charge on any atom is -0.316 e. The molecule has 0 aromatic heterocycles. The van der Waals surface area contributed by atoms with Crippen molar-refractivity contribution in [3.05, 3.63) is 0 Å². The zero-order valence-electron chi connectivity index (χ0n) is 10.9. The maximum Gasteiger partial charge on any atom is 0.211 e. The third-order valence-corrected chi connectivity index (χ3v) is 5.34. The van der Waals surface area contributed by atoms with Gasteiger partial charge in [-0.2, -0.15) is 0 Å². The molecule has 1 saturated heterocycles. The molecule has 0 aromatic carbocycles. The number of hydrogen-bond donors (Lipinski definition) is 1. The highest BCUT2D eigenvalue weighted by Gasteiger charge is 2.32. The van der Waals surface area contributed by atoms with Crippen LogP contribution >= 0.6 is 0 Å².